The van der Waals surface area contributed by atoms with Crippen LogP contribution in [0.2, 0.25) is 0 Å². The topological polar surface area (TPSA) is 35.2 Å². The molecular weight excluding hydrogens is 218 g/mol. The molecule has 0 amide bonds. The first kappa shape index (κ1) is 11.8. The Labute approximate surface area is 102 Å². The van der Waals surface area contributed by atoms with Gasteiger partial charge in [-0.1, -0.05) is 19.1 Å². The number of ether oxygens (including phenoxy) is 1. The fourth-order valence-electron chi connectivity index (χ4n) is 2.20. The molecule has 0 bridgehead atoms. The van der Waals surface area contributed by atoms with E-state index >= 15 is 0 Å². The summed E-state index contributed by atoms with van der Waals surface area (Å²) < 4.78 is 5.37. The standard InChI is InChI=1S/C13H19NOS/c1-9-10(14)7-8-12(9)16-13-6-4-3-5-11(13)15-2/h3-6,9-10,12H,7-8,14H2,1-2H3. The molecule has 0 spiro atoms. The van der Waals surface area contributed by atoms with E-state index in [0.29, 0.717) is 17.2 Å². The zero-order valence-corrected chi connectivity index (χ0v) is 10.7. The zero-order chi connectivity index (χ0) is 11.5. The Balaban J connectivity index is 2.09. The molecule has 16 heavy (non-hydrogen) atoms. The van der Waals surface area contributed by atoms with Gasteiger partial charge < -0.3 is 10.5 Å². The predicted molar refractivity (Wildman–Crippen MR) is 69.0 cm³/mol. The van der Waals surface area contributed by atoms with Gasteiger partial charge in [-0.05, 0) is 30.9 Å². The molecule has 3 atom stereocenters. The molecule has 2 N–H and O–H groups in total. The smallest absolute Gasteiger partial charge is 0.132 e. The van der Waals surface area contributed by atoms with Crippen LogP contribution in [0.1, 0.15) is 19.8 Å². The lowest BCUT2D eigenvalue weighted by Crippen LogP contribution is -2.25. The fourth-order valence-corrected chi connectivity index (χ4v) is 3.62. The van der Waals surface area contributed by atoms with Crippen LogP contribution in [0.25, 0.3) is 0 Å². The first-order valence-electron chi connectivity index (χ1n) is 5.77. The number of methoxy groups -OCH3 is 1. The summed E-state index contributed by atoms with van der Waals surface area (Å²) in [4.78, 5) is 1.23. The summed E-state index contributed by atoms with van der Waals surface area (Å²) in [5.41, 5.74) is 6.05. The minimum absolute atomic E-state index is 0.368. The van der Waals surface area contributed by atoms with Crippen molar-refractivity contribution in [1.29, 1.82) is 0 Å². The molecule has 2 nitrogen and oxygen atoms in total. The van der Waals surface area contributed by atoms with Crippen LogP contribution in [0.4, 0.5) is 0 Å². The van der Waals surface area contributed by atoms with Crippen molar-refractivity contribution in [2.24, 2.45) is 11.7 Å². The van der Waals surface area contributed by atoms with Crippen LogP contribution in [0.5, 0.6) is 5.75 Å². The van der Waals surface area contributed by atoms with Crippen molar-refractivity contribution in [3.8, 4) is 5.75 Å². The SMILES string of the molecule is COc1ccccc1SC1CCC(N)C1C. The molecule has 1 fully saturated rings. The predicted octanol–water partition coefficient (Wildman–Crippen LogP) is 2.91. The Morgan fingerprint density at radius 1 is 1.31 bits per heavy atom. The fraction of sp³-hybridized carbons (Fsp3) is 0.538. The lowest BCUT2D eigenvalue weighted by Gasteiger charge is -2.18. The second kappa shape index (κ2) is 5.11. The van der Waals surface area contributed by atoms with Crippen LogP contribution in [-0.2, 0) is 0 Å². The molecule has 1 aromatic carbocycles. The molecule has 0 aromatic heterocycles. The Bertz CT molecular complexity index is 356. The molecule has 2 rings (SSSR count). The van der Waals surface area contributed by atoms with Gasteiger partial charge in [-0.15, -0.1) is 11.8 Å². The quantitative estimate of drug-likeness (QED) is 0.878. The first-order valence-corrected chi connectivity index (χ1v) is 6.65. The molecular formula is C13H19NOS. The van der Waals surface area contributed by atoms with Gasteiger partial charge in [0.1, 0.15) is 5.75 Å². The number of para-hydroxylation sites is 1. The summed E-state index contributed by atoms with van der Waals surface area (Å²) in [7, 11) is 1.73. The van der Waals surface area contributed by atoms with Crippen LogP contribution >= 0.6 is 11.8 Å². The Morgan fingerprint density at radius 3 is 2.69 bits per heavy atom. The van der Waals surface area contributed by atoms with Crippen LogP contribution in [0.3, 0.4) is 0 Å². The second-order valence-corrected chi connectivity index (χ2v) is 5.69. The summed E-state index contributed by atoms with van der Waals surface area (Å²) in [6.45, 7) is 2.25. The molecule has 1 saturated carbocycles. The molecule has 88 valence electrons. The monoisotopic (exact) mass is 237 g/mol. The third-order valence-corrected chi connectivity index (χ3v) is 4.95. The van der Waals surface area contributed by atoms with Gasteiger partial charge in [0, 0.05) is 16.2 Å². The van der Waals surface area contributed by atoms with Crippen molar-refractivity contribution in [3.63, 3.8) is 0 Å². The Hall–Kier alpha value is -0.670. The minimum Gasteiger partial charge on any atom is -0.496 e. The first-order chi connectivity index (χ1) is 7.72. The maximum absolute atomic E-state index is 6.05. The van der Waals surface area contributed by atoms with Gasteiger partial charge >= 0.3 is 0 Å². The third-order valence-electron chi connectivity index (χ3n) is 3.39. The normalized spacial score (nSPS) is 29.3. The van der Waals surface area contributed by atoms with Gasteiger partial charge in [-0.25, -0.2) is 0 Å². The van der Waals surface area contributed by atoms with E-state index in [0.717, 1.165) is 12.2 Å². The summed E-state index contributed by atoms with van der Waals surface area (Å²) in [5, 5.41) is 0.631. The molecule has 0 radical (unpaired) electrons. The lowest BCUT2D eigenvalue weighted by molar-refractivity contribution is 0.404. The minimum atomic E-state index is 0.368. The number of nitrogens with two attached hydrogens (primary N) is 1. The van der Waals surface area contributed by atoms with Gasteiger partial charge in [0.25, 0.3) is 0 Å². The van der Waals surface area contributed by atoms with Crippen molar-refractivity contribution in [2.75, 3.05) is 7.11 Å². The van der Waals surface area contributed by atoms with E-state index in [1.54, 1.807) is 7.11 Å². The van der Waals surface area contributed by atoms with Crippen molar-refractivity contribution >= 4 is 11.8 Å². The molecule has 0 aliphatic heterocycles. The van der Waals surface area contributed by atoms with E-state index in [4.69, 9.17) is 10.5 Å². The van der Waals surface area contributed by atoms with Crippen molar-refractivity contribution < 1.29 is 4.74 Å². The van der Waals surface area contributed by atoms with E-state index in [2.05, 4.69) is 19.1 Å². The summed E-state index contributed by atoms with van der Waals surface area (Å²) in [5.74, 6) is 1.56. The van der Waals surface area contributed by atoms with Gasteiger partial charge in [0.15, 0.2) is 0 Å². The molecule has 3 unspecified atom stereocenters. The largest absolute Gasteiger partial charge is 0.496 e. The average molecular weight is 237 g/mol. The van der Waals surface area contributed by atoms with Gasteiger partial charge in [-0.3, -0.25) is 0 Å². The average Bonchev–Trinajstić information content (AvgIpc) is 2.62. The zero-order valence-electron chi connectivity index (χ0n) is 9.85. The molecule has 3 heteroatoms. The van der Waals surface area contributed by atoms with Crippen LogP contribution in [0, 0.1) is 5.92 Å². The lowest BCUT2D eigenvalue weighted by atomic mass is 10.1. The summed E-state index contributed by atoms with van der Waals surface area (Å²) >= 11 is 1.91. The van der Waals surface area contributed by atoms with E-state index in [-0.39, 0.29) is 0 Å². The third kappa shape index (κ3) is 2.36. The summed E-state index contributed by atoms with van der Waals surface area (Å²) in [6.07, 6.45) is 2.36. The number of benzene rings is 1. The number of hydrogen-bond acceptors (Lipinski definition) is 3. The highest BCUT2D eigenvalue weighted by molar-refractivity contribution is 8.00. The highest BCUT2D eigenvalue weighted by Gasteiger charge is 2.31. The molecule has 1 aliphatic rings. The van der Waals surface area contributed by atoms with Gasteiger partial charge in [-0.2, -0.15) is 0 Å². The maximum Gasteiger partial charge on any atom is 0.132 e. The Morgan fingerprint density at radius 2 is 2.06 bits per heavy atom. The molecule has 1 aromatic rings. The van der Waals surface area contributed by atoms with Crippen molar-refractivity contribution in [2.45, 2.75) is 36.0 Å². The van der Waals surface area contributed by atoms with Gasteiger partial charge in [0.05, 0.1) is 7.11 Å². The van der Waals surface area contributed by atoms with E-state index in [1.807, 2.05) is 23.9 Å². The Kier molecular flexibility index (Phi) is 3.77. The molecule has 0 heterocycles. The van der Waals surface area contributed by atoms with E-state index in [1.165, 1.54) is 11.3 Å². The van der Waals surface area contributed by atoms with Crippen LogP contribution in [0.15, 0.2) is 29.2 Å². The van der Waals surface area contributed by atoms with Crippen molar-refractivity contribution in [3.05, 3.63) is 24.3 Å². The van der Waals surface area contributed by atoms with Crippen LogP contribution in [-0.4, -0.2) is 18.4 Å². The maximum atomic E-state index is 6.05. The number of rotatable bonds is 3. The molecule has 0 saturated heterocycles. The number of hydrogen-bond donors (Lipinski definition) is 1. The van der Waals surface area contributed by atoms with Crippen LogP contribution < -0.4 is 10.5 Å². The molecule has 1 aliphatic carbocycles. The highest BCUT2D eigenvalue weighted by atomic mass is 32.2. The van der Waals surface area contributed by atoms with E-state index < -0.39 is 0 Å². The highest BCUT2D eigenvalue weighted by Crippen LogP contribution is 2.41. The van der Waals surface area contributed by atoms with E-state index in [9.17, 15) is 0 Å². The second-order valence-electron chi connectivity index (χ2n) is 4.41. The number of thioether (sulfide) groups is 1. The van der Waals surface area contributed by atoms with Crippen molar-refractivity contribution in [1.82, 2.24) is 0 Å². The summed E-state index contributed by atoms with van der Waals surface area (Å²) in [6, 6.07) is 8.58. The van der Waals surface area contributed by atoms with Gasteiger partial charge in [0.2, 0.25) is 0 Å².